The van der Waals surface area contributed by atoms with Gasteiger partial charge in [-0.1, -0.05) is 0 Å². The van der Waals surface area contributed by atoms with E-state index in [9.17, 15) is 5.11 Å². The minimum absolute atomic E-state index is 0.296. The molecule has 0 aliphatic rings. The second-order valence-corrected chi connectivity index (χ2v) is 5.05. The van der Waals surface area contributed by atoms with Crippen molar-refractivity contribution in [3.8, 4) is 17.6 Å². The van der Waals surface area contributed by atoms with Crippen LogP contribution in [0.4, 0.5) is 0 Å². The average molecular weight is 436 g/mol. The number of benzene rings is 1. The van der Waals surface area contributed by atoms with E-state index in [4.69, 9.17) is 28.0 Å². The summed E-state index contributed by atoms with van der Waals surface area (Å²) in [6, 6.07) is 3.50. The Morgan fingerprint density at radius 1 is 0.931 bits per heavy atom. The first-order valence-electron chi connectivity index (χ1n) is 7.45. The molecule has 0 aliphatic carbocycles. The van der Waals surface area contributed by atoms with Crippen molar-refractivity contribution in [1.29, 1.82) is 0 Å². The van der Waals surface area contributed by atoms with Crippen LogP contribution in [0.2, 0.25) is 0 Å². The van der Waals surface area contributed by atoms with Crippen LogP contribution in [-0.2, 0) is 43.8 Å². The second kappa shape index (κ2) is 33.2. The number of aromatic hydroxyl groups is 1. The van der Waals surface area contributed by atoms with Gasteiger partial charge in [-0.2, -0.15) is 0 Å². The maximum atomic E-state index is 9.52. The number of phenolic OH excluding ortho intramolecular Hbond substituents is 1. The predicted octanol–water partition coefficient (Wildman–Crippen LogP) is 3.06. The van der Waals surface area contributed by atoms with Gasteiger partial charge in [-0.15, -0.1) is 0 Å². The summed E-state index contributed by atoms with van der Waals surface area (Å²) in [6.07, 6.45) is 2.98. The number of ether oxygens (including phenoxy) is 1. The number of unbranched alkanes of at least 4 members (excludes halogenated alkanes) is 2. The molecule has 1 rings (SSSR count). The van der Waals surface area contributed by atoms with E-state index in [0.717, 1.165) is 40.5 Å². The topological polar surface area (TPSA) is 129 Å². The van der Waals surface area contributed by atoms with Crippen LogP contribution in [0.5, 0.6) is 5.75 Å². The Morgan fingerprint density at radius 3 is 1.72 bits per heavy atom. The van der Waals surface area contributed by atoms with Gasteiger partial charge in [0.25, 0.3) is 0 Å². The second-order valence-electron chi connectivity index (χ2n) is 4.47. The number of rotatable bonds is 6. The molecule has 0 amide bonds. The van der Waals surface area contributed by atoms with Gasteiger partial charge in [-0.25, -0.2) is 0 Å². The van der Waals surface area contributed by atoms with Gasteiger partial charge in [-0.05, 0) is 0 Å². The zero-order valence-electron chi connectivity index (χ0n) is 16.3. The van der Waals surface area contributed by atoms with Gasteiger partial charge in [0.05, 0.1) is 0 Å². The summed E-state index contributed by atoms with van der Waals surface area (Å²) in [4.78, 5) is 0. The van der Waals surface area contributed by atoms with E-state index in [1.54, 1.807) is 12.1 Å². The SMILES string of the molecule is CC#CCCCCO[C](=[Cr])c1c(C)cc(O)cc1C.[C-]#[O+].[C-]#[O+].[C-]#[O+].[C-]#[O+].[C-]#[O+]. The third-order valence-corrected chi connectivity index (χ3v) is 3.33. The van der Waals surface area contributed by atoms with E-state index in [1.807, 2.05) is 20.8 Å². The number of aryl methyl sites for hydroxylation is 2. The zero-order valence-corrected chi connectivity index (χ0v) is 17.6. The molecular formula is C21H20CrO7. The van der Waals surface area contributed by atoms with E-state index in [1.165, 1.54) is 0 Å². The number of hydrogen-bond donors (Lipinski definition) is 1. The number of hydrogen-bond acceptors (Lipinski definition) is 2. The van der Waals surface area contributed by atoms with E-state index < -0.39 is 0 Å². The van der Waals surface area contributed by atoms with Crippen LogP contribution in [0, 0.1) is 58.9 Å². The molecule has 0 aliphatic heterocycles. The van der Waals surface area contributed by atoms with Crippen molar-refractivity contribution in [3.63, 3.8) is 0 Å². The van der Waals surface area contributed by atoms with Crippen molar-refractivity contribution in [2.75, 3.05) is 6.61 Å². The van der Waals surface area contributed by atoms with Gasteiger partial charge in [0.2, 0.25) is 0 Å². The molecule has 0 fully saturated rings. The van der Waals surface area contributed by atoms with Gasteiger partial charge in [0.1, 0.15) is 0 Å². The first-order valence-corrected chi connectivity index (χ1v) is 8.09. The molecule has 8 heteroatoms. The monoisotopic (exact) mass is 436 g/mol. The quantitative estimate of drug-likeness (QED) is 0.318. The minimum atomic E-state index is 0.296. The van der Waals surface area contributed by atoms with Crippen LogP contribution < -0.4 is 0 Å². The number of phenols is 1. The van der Waals surface area contributed by atoms with Crippen molar-refractivity contribution in [2.24, 2.45) is 0 Å². The summed E-state index contributed by atoms with van der Waals surface area (Å²) in [6.45, 7) is 29.0. The molecule has 0 saturated heterocycles. The van der Waals surface area contributed by atoms with E-state index in [-0.39, 0.29) is 0 Å². The Labute approximate surface area is 180 Å². The Hall–Kier alpha value is -2.36. The molecule has 0 bridgehead atoms. The van der Waals surface area contributed by atoms with Crippen LogP contribution in [0.15, 0.2) is 12.1 Å². The van der Waals surface area contributed by atoms with E-state index in [2.05, 4.69) is 60.9 Å². The van der Waals surface area contributed by atoms with Gasteiger partial charge in [0.15, 0.2) is 0 Å². The van der Waals surface area contributed by atoms with Crippen LogP contribution in [-0.4, -0.2) is 16.3 Å². The summed E-state index contributed by atoms with van der Waals surface area (Å²) in [7, 11) is 0. The Bertz CT molecular complexity index is 659. The Kier molecular flexibility index (Phi) is 42.9. The summed E-state index contributed by atoms with van der Waals surface area (Å²) in [5, 5.41) is 9.52. The van der Waals surface area contributed by atoms with Gasteiger partial charge >= 0.3 is 180 Å². The fraction of sp³-hybridized carbons (Fsp3) is 0.333. The molecule has 0 unspecified atom stereocenters. The fourth-order valence-corrected chi connectivity index (χ4v) is 2.57. The molecule has 0 heterocycles. The van der Waals surface area contributed by atoms with Crippen molar-refractivity contribution >= 4 is 4.57 Å². The average Bonchev–Trinajstić information content (AvgIpc) is 2.77. The van der Waals surface area contributed by atoms with Gasteiger partial charge in [-0.3, -0.25) is 0 Å². The molecule has 0 spiro atoms. The standard InChI is InChI=1S/C16H20O2.5CO.Cr/c1-4-5-6-7-8-9-18-12-16-13(2)10-15(17)11-14(16)3;5*1-2;/h10-11,17H,6-9H2,1-3H3;;;;;;. The molecule has 29 heavy (non-hydrogen) atoms. The third-order valence-electron chi connectivity index (χ3n) is 2.83. The van der Waals surface area contributed by atoms with Crippen LogP contribution in [0.3, 0.4) is 0 Å². The van der Waals surface area contributed by atoms with Crippen molar-refractivity contribution in [3.05, 3.63) is 62.1 Å². The van der Waals surface area contributed by atoms with E-state index >= 15 is 0 Å². The van der Waals surface area contributed by atoms with Crippen LogP contribution in [0.25, 0.3) is 0 Å². The van der Waals surface area contributed by atoms with Gasteiger partial charge in [0, 0.05) is 0 Å². The first-order chi connectivity index (χ1) is 14.1. The first kappa shape index (κ1) is 37.4. The van der Waals surface area contributed by atoms with Crippen molar-refractivity contribution in [1.82, 2.24) is 0 Å². The normalized spacial score (nSPS) is 6.79. The van der Waals surface area contributed by atoms with Gasteiger partial charge < -0.3 is 0 Å². The molecule has 1 aromatic carbocycles. The molecule has 152 valence electrons. The molecular weight excluding hydrogens is 416 g/mol. The molecule has 7 nitrogen and oxygen atoms in total. The van der Waals surface area contributed by atoms with Crippen LogP contribution >= 0.6 is 0 Å². The molecule has 0 radical (unpaired) electrons. The summed E-state index contributed by atoms with van der Waals surface area (Å²) in [5.41, 5.74) is 3.08. The summed E-state index contributed by atoms with van der Waals surface area (Å²) in [5.74, 6) is 6.23. The predicted molar refractivity (Wildman–Crippen MR) is 94.6 cm³/mol. The molecule has 1 N–H and O–H groups in total. The van der Waals surface area contributed by atoms with Crippen molar-refractivity contribution in [2.45, 2.75) is 40.0 Å². The Balaban J connectivity index is -0.000000167. The van der Waals surface area contributed by atoms with E-state index in [0.29, 0.717) is 12.4 Å². The Morgan fingerprint density at radius 2 is 1.34 bits per heavy atom. The maximum absolute atomic E-state index is 9.52. The fourth-order valence-electron chi connectivity index (χ4n) is 1.94. The summed E-state index contributed by atoms with van der Waals surface area (Å²) >= 11 is 2.98. The molecule has 1 aromatic rings. The molecule has 0 aromatic heterocycles. The zero-order chi connectivity index (χ0) is 24.3. The molecule has 0 atom stereocenters. The van der Waals surface area contributed by atoms with Crippen LogP contribution in [0.1, 0.15) is 42.9 Å². The third kappa shape index (κ3) is 21.8. The molecule has 0 saturated carbocycles. The van der Waals surface area contributed by atoms with Crippen molar-refractivity contribution < 1.29 is 49.0 Å². The summed E-state index contributed by atoms with van der Waals surface area (Å²) < 4.78 is 44.0.